The molecule has 6 heteroatoms. The van der Waals surface area contributed by atoms with E-state index in [0.29, 0.717) is 17.0 Å². The van der Waals surface area contributed by atoms with E-state index in [1.54, 1.807) is 24.3 Å². The van der Waals surface area contributed by atoms with Gasteiger partial charge >= 0.3 is 0 Å². The molecule has 2 aromatic rings. The van der Waals surface area contributed by atoms with Crippen LogP contribution in [0.4, 0.5) is 0 Å². The Bertz CT molecular complexity index is 849. The van der Waals surface area contributed by atoms with E-state index in [0.717, 1.165) is 11.3 Å². The topological polar surface area (TPSA) is 55.4 Å². The van der Waals surface area contributed by atoms with Crippen molar-refractivity contribution in [2.45, 2.75) is 37.7 Å². The molecule has 128 valence electrons. The summed E-state index contributed by atoms with van der Waals surface area (Å²) in [5, 5.41) is 0.454. The van der Waals surface area contributed by atoms with Gasteiger partial charge in [-0.2, -0.15) is 0 Å². The van der Waals surface area contributed by atoms with E-state index in [1.807, 2.05) is 38.1 Å². The number of rotatable bonds is 4. The summed E-state index contributed by atoms with van der Waals surface area (Å²) in [4.78, 5) is 0. The van der Waals surface area contributed by atoms with Crippen LogP contribution in [0.3, 0.4) is 0 Å². The minimum absolute atomic E-state index is 0.146. The highest BCUT2D eigenvalue weighted by Crippen LogP contribution is 2.39. The van der Waals surface area contributed by atoms with Gasteiger partial charge in [-0.3, -0.25) is 0 Å². The molecule has 1 aliphatic rings. The van der Waals surface area contributed by atoms with Crippen molar-refractivity contribution < 1.29 is 13.2 Å². The summed E-state index contributed by atoms with van der Waals surface area (Å²) in [6, 6.07) is 14.2. The van der Waals surface area contributed by atoms with Crippen molar-refractivity contribution in [3.8, 4) is 5.75 Å². The van der Waals surface area contributed by atoms with Gasteiger partial charge in [0, 0.05) is 17.0 Å². The van der Waals surface area contributed by atoms with Crippen LogP contribution in [0.5, 0.6) is 5.75 Å². The van der Waals surface area contributed by atoms with Crippen LogP contribution in [0.1, 0.15) is 37.4 Å². The third-order valence-electron chi connectivity index (χ3n) is 4.00. The number of ether oxygens (including phenoxy) is 1. The first-order chi connectivity index (χ1) is 11.3. The van der Waals surface area contributed by atoms with Gasteiger partial charge in [-0.15, -0.1) is 0 Å². The normalized spacial score (nSPS) is 19.4. The van der Waals surface area contributed by atoms with Gasteiger partial charge < -0.3 is 4.74 Å². The van der Waals surface area contributed by atoms with Crippen molar-refractivity contribution in [1.82, 2.24) is 4.72 Å². The molecule has 0 amide bonds. The summed E-state index contributed by atoms with van der Waals surface area (Å²) in [5.41, 5.74) is 1.01. The van der Waals surface area contributed by atoms with Crippen LogP contribution in [0.15, 0.2) is 48.5 Å². The van der Waals surface area contributed by atoms with Gasteiger partial charge in [0.25, 0.3) is 0 Å². The third-order valence-corrected chi connectivity index (χ3v) is 5.70. The molecule has 0 saturated carbocycles. The standard InChI is InChI=1S/C18H20ClNO3S/c1-18(2)11-16(14-8-4-6-10-17(14)23-18)20-24(21,22)12-13-7-3-5-9-15(13)19/h3-10,16,20H,11-12H2,1-2H3/t16-/m0/s1. The lowest BCUT2D eigenvalue weighted by Gasteiger charge is -2.37. The van der Waals surface area contributed by atoms with Gasteiger partial charge in [0.15, 0.2) is 0 Å². The molecule has 4 nitrogen and oxygen atoms in total. The van der Waals surface area contributed by atoms with E-state index in [2.05, 4.69) is 4.72 Å². The number of fused-ring (bicyclic) bond motifs is 1. The van der Waals surface area contributed by atoms with Gasteiger partial charge in [-0.25, -0.2) is 13.1 Å². The predicted molar refractivity (Wildman–Crippen MR) is 95.7 cm³/mol. The van der Waals surface area contributed by atoms with Gasteiger partial charge in [0.2, 0.25) is 10.0 Å². The fourth-order valence-corrected chi connectivity index (χ4v) is 4.66. The number of halogens is 1. The second-order valence-electron chi connectivity index (χ2n) is 6.62. The molecule has 0 aliphatic carbocycles. The molecule has 1 heterocycles. The van der Waals surface area contributed by atoms with Crippen LogP contribution >= 0.6 is 11.6 Å². The van der Waals surface area contributed by atoms with Crippen LogP contribution in [-0.2, 0) is 15.8 Å². The quantitative estimate of drug-likeness (QED) is 0.888. The molecule has 0 radical (unpaired) electrons. The number of nitrogens with one attached hydrogen (secondary N) is 1. The van der Waals surface area contributed by atoms with Crippen molar-refractivity contribution in [3.05, 3.63) is 64.7 Å². The molecule has 2 aromatic carbocycles. The lowest BCUT2D eigenvalue weighted by atomic mass is 9.90. The zero-order valence-electron chi connectivity index (χ0n) is 13.6. The lowest BCUT2D eigenvalue weighted by molar-refractivity contribution is 0.0702. The minimum atomic E-state index is -3.54. The number of para-hydroxylation sites is 1. The number of benzene rings is 2. The van der Waals surface area contributed by atoms with Crippen molar-refractivity contribution in [3.63, 3.8) is 0 Å². The van der Waals surface area contributed by atoms with Crippen molar-refractivity contribution in [1.29, 1.82) is 0 Å². The molecule has 0 saturated heterocycles. The Balaban J connectivity index is 1.86. The Hall–Kier alpha value is -1.56. The highest BCUT2D eigenvalue weighted by Gasteiger charge is 2.35. The second-order valence-corrected chi connectivity index (χ2v) is 8.79. The Kier molecular flexibility index (Phi) is 4.60. The average Bonchev–Trinajstić information content (AvgIpc) is 2.48. The third kappa shape index (κ3) is 3.91. The molecule has 1 aliphatic heterocycles. The molecule has 0 spiro atoms. The summed E-state index contributed by atoms with van der Waals surface area (Å²) in [7, 11) is -3.54. The maximum atomic E-state index is 12.6. The van der Waals surface area contributed by atoms with E-state index < -0.39 is 15.6 Å². The highest BCUT2D eigenvalue weighted by atomic mass is 35.5. The smallest absolute Gasteiger partial charge is 0.216 e. The summed E-state index contributed by atoms with van der Waals surface area (Å²) >= 11 is 6.09. The minimum Gasteiger partial charge on any atom is -0.487 e. The molecule has 3 rings (SSSR count). The van der Waals surface area contributed by atoms with Crippen LogP contribution in [0.25, 0.3) is 0 Å². The number of sulfonamides is 1. The van der Waals surface area contributed by atoms with Crippen LogP contribution in [0.2, 0.25) is 5.02 Å². The zero-order valence-corrected chi connectivity index (χ0v) is 15.2. The maximum Gasteiger partial charge on any atom is 0.216 e. The lowest BCUT2D eigenvalue weighted by Crippen LogP contribution is -2.41. The molecule has 0 bridgehead atoms. The van der Waals surface area contributed by atoms with E-state index in [1.165, 1.54) is 0 Å². The molecule has 24 heavy (non-hydrogen) atoms. The van der Waals surface area contributed by atoms with E-state index in [9.17, 15) is 8.42 Å². The summed E-state index contributed by atoms with van der Waals surface area (Å²) in [5.74, 6) is 0.575. The fourth-order valence-electron chi connectivity index (χ4n) is 2.99. The van der Waals surface area contributed by atoms with E-state index in [-0.39, 0.29) is 11.8 Å². The largest absolute Gasteiger partial charge is 0.487 e. The average molecular weight is 366 g/mol. The molecule has 0 aromatic heterocycles. The molecule has 0 unspecified atom stereocenters. The number of hydrogen-bond acceptors (Lipinski definition) is 3. The monoisotopic (exact) mass is 365 g/mol. The zero-order chi connectivity index (χ0) is 17.4. The van der Waals surface area contributed by atoms with Gasteiger partial charge in [-0.05, 0) is 31.5 Å². The maximum absolute atomic E-state index is 12.6. The van der Waals surface area contributed by atoms with Crippen molar-refractivity contribution >= 4 is 21.6 Å². The first-order valence-electron chi connectivity index (χ1n) is 7.77. The Morgan fingerprint density at radius 3 is 2.58 bits per heavy atom. The molecular formula is C18H20ClNO3S. The Morgan fingerprint density at radius 1 is 1.17 bits per heavy atom. The fraction of sp³-hybridized carbons (Fsp3) is 0.333. The van der Waals surface area contributed by atoms with Crippen LogP contribution < -0.4 is 9.46 Å². The Morgan fingerprint density at radius 2 is 1.83 bits per heavy atom. The van der Waals surface area contributed by atoms with E-state index in [4.69, 9.17) is 16.3 Å². The summed E-state index contributed by atoms with van der Waals surface area (Å²) in [6.07, 6.45) is 0.561. The summed E-state index contributed by atoms with van der Waals surface area (Å²) in [6.45, 7) is 3.91. The molecular weight excluding hydrogens is 346 g/mol. The van der Waals surface area contributed by atoms with Crippen LogP contribution in [0, 0.1) is 0 Å². The molecule has 0 fully saturated rings. The number of hydrogen-bond donors (Lipinski definition) is 1. The van der Waals surface area contributed by atoms with E-state index >= 15 is 0 Å². The van der Waals surface area contributed by atoms with Gasteiger partial charge in [0.1, 0.15) is 11.4 Å². The second kappa shape index (κ2) is 6.39. The van der Waals surface area contributed by atoms with Crippen LogP contribution in [-0.4, -0.2) is 14.0 Å². The predicted octanol–water partition coefficient (Wildman–Crippen LogP) is 4.06. The van der Waals surface area contributed by atoms with Crippen molar-refractivity contribution in [2.75, 3.05) is 0 Å². The first-order valence-corrected chi connectivity index (χ1v) is 9.80. The molecule has 1 N–H and O–H groups in total. The van der Waals surface area contributed by atoms with Gasteiger partial charge in [0.05, 0.1) is 11.8 Å². The first kappa shape index (κ1) is 17.3. The summed E-state index contributed by atoms with van der Waals surface area (Å²) < 4.78 is 34.0. The molecule has 1 atom stereocenters. The van der Waals surface area contributed by atoms with Crippen molar-refractivity contribution in [2.24, 2.45) is 0 Å². The SMILES string of the molecule is CC1(C)C[C@H](NS(=O)(=O)Cc2ccccc2Cl)c2ccccc2O1. The highest BCUT2D eigenvalue weighted by molar-refractivity contribution is 7.88. The van der Waals surface area contributed by atoms with Gasteiger partial charge in [-0.1, -0.05) is 48.0 Å². The Labute approximate surface area is 147 Å².